The summed E-state index contributed by atoms with van der Waals surface area (Å²) in [6.45, 7) is 5.10. The Kier molecular flexibility index (Phi) is 7.55. The first-order valence-electron chi connectivity index (χ1n) is 13.0. The lowest BCUT2D eigenvalue weighted by Gasteiger charge is -2.38. The summed E-state index contributed by atoms with van der Waals surface area (Å²) in [5.41, 5.74) is 7.30. The molecular weight excluding hydrogens is 472 g/mol. The van der Waals surface area contributed by atoms with Crippen molar-refractivity contribution >= 4 is 11.8 Å². The molecule has 1 atom stereocenters. The molecule has 0 aliphatic carbocycles. The van der Waals surface area contributed by atoms with Crippen LogP contribution in [0.25, 0.3) is 0 Å². The van der Waals surface area contributed by atoms with Gasteiger partial charge in [0.15, 0.2) is 6.61 Å². The molecule has 192 valence electrons. The van der Waals surface area contributed by atoms with Gasteiger partial charge in [-0.05, 0) is 66.8 Å². The summed E-state index contributed by atoms with van der Waals surface area (Å²) in [5, 5.41) is 2.92. The minimum absolute atomic E-state index is 0.00426. The van der Waals surface area contributed by atoms with Crippen molar-refractivity contribution < 1.29 is 14.3 Å². The third-order valence-corrected chi connectivity index (χ3v) is 6.93. The standard InChI is InChI=1S/C33H32N2O3/c1-23-8-6-10-25(18-23)21-34-31(36)22-38-29-15-14-26-16-17-35(33(37)27-11-4-3-5-12-27)32(30(26)20-29)28-13-7-9-24(2)19-28/h3-15,18-20,32H,16-17,21-22H2,1-2H3,(H,34,36)/t32-/m1/s1. The fraction of sp³-hybridized carbons (Fsp3) is 0.212. The molecule has 0 saturated heterocycles. The fourth-order valence-electron chi connectivity index (χ4n) is 5.07. The number of ether oxygens (including phenoxy) is 1. The molecule has 4 aromatic rings. The van der Waals surface area contributed by atoms with E-state index < -0.39 is 0 Å². The van der Waals surface area contributed by atoms with Crippen LogP contribution >= 0.6 is 0 Å². The van der Waals surface area contributed by atoms with Gasteiger partial charge in [0.25, 0.3) is 11.8 Å². The lowest BCUT2D eigenvalue weighted by Crippen LogP contribution is -2.40. The van der Waals surface area contributed by atoms with E-state index >= 15 is 0 Å². The highest BCUT2D eigenvalue weighted by Crippen LogP contribution is 2.38. The van der Waals surface area contributed by atoms with Crippen molar-refractivity contribution in [1.82, 2.24) is 10.2 Å². The van der Waals surface area contributed by atoms with Crippen LogP contribution in [0.3, 0.4) is 0 Å². The Bertz CT molecular complexity index is 1450. The molecule has 0 fully saturated rings. The Morgan fingerprint density at radius 2 is 1.63 bits per heavy atom. The number of rotatable bonds is 7. The van der Waals surface area contributed by atoms with E-state index in [4.69, 9.17) is 4.74 Å². The molecule has 5 rings (SSSR count). The highest BCUT2D eigenvalue weighted by molar-refractivity contribution is 5.95. The maximum atomic E-state index is 13.6. The summed E-state index contributed by atoms with van der Waals surface area (Å²) >= 11 is 0. The average molecular weight is 505 g/mol. The molecule has 5 nitrogen and oxygen atoms in total. The number of carbonyl (C=O) groups is 2. The van der Waals surface area contributed by atoms with Crippen molar-refractivity contribution in [1.29, 1.82) is 0 Å². The first-order chi connectivity index (χ1) is 18.5. The van der Waals surface area contributed by atoms with Gasteiger partial charge in [0.05, 0.1) is 6.04 Å². The van der Waals surface area contributed by atoms with Crippen LogP contribution in [0.4, 0.5) is 0 Å². The second-order valence-electron chi connectivity index (χ2n) is 9.85. The highest BCUT2D eigenvalue weighted by atomic mass is 16.5. The van der Waals surface area contributed by atoms with Gasteiger partial charge in [-0.25, -0.2) is 0 Å². The van der Waals surface area contributed by atoms with Gasteiger partial charge in [0.2, 0.25) is 0 Å². The zero-order chi connectivity index (χ0) is 26.5. The summed E-state index contributed by atoms with van der Waals surface area (Å²) in [6.07, 6.45) is 0.757. The van der Waals surface area contributed by atoms with Gasteiger partial charge >= 0.3 is 0 Å². The Morgan fingerprint density at radius 1 is 0.868 bits per heavy atom. The number of aryl methyl sites for hydroxylation is 2. The van der Waals surface area contributed by atoms with Crippen molar-refractivity contribution in [2.45, 2.75) is 32.9 Å². The zero-order valence-corrected chi connectivity index (χ0v) is 21.8. The smallest absolute Gasteiger partial charge is 0.258 e. The molecule has 1 N–H and O–H groups in total. The maximum Gasteiger partial charge on any atom is 0.258 e. The Balaban J connectivity index is 1.37. The quantitative estimate of drug-likeness (QED) is 0.347. The monoisotopic (exact) mass is 504 g/mol. The Morgan fingerprint density at radius 3 is 2.39 bits per heavy atom. The van der Waals surface area contributed by atoms with Gasteiger partial charge in [-0.2, -0.15) is 0 Å². The van der Waals surface area contributed by atoms with Crippen molar-refractivity contribution in [2.24, 2.45) is 0 Å². The minimum Gasteiger partial charge on any atom is -0.484 e. The van der Waals surface area contributed by atoms with Gasteiger partial charge < -0.3 is 15.0 Å². The molecule has 0 radical (unpaired) electrons. The van der Waals surface area contributed by atoms with E-state index in [2.05, 4.69) is 42.6 Å². The van der Waals surface area contributed by atoms with Crippen LogP contribution in [-0.2, 0) is 17.8 Å². The molecule has 0 spiro atoms. The van der Waals surface area contributed by atoms with Gasteiger partial charge in [0.1, 0.15) is 5.75 Å². The van der Waals surface area contributed by atoms with Crippen LogP contribution in [0.1, 0.15) is 49.8 Å². The van der Waals surface area contributed by atoms with Crippen LogP contribution in [-0.4, -0.2) is 29.9 Å². The first kappa shape index (κ1) is 25.3. The predicted molar refractivity (Wildman–Crippen MR) is 149 cm³/mol. The molecule has 1 heterocycles. The summed E-state index contributed by atoms with van der Waals surface area (Å²) in [5.74, 6) is 0.436. The van der Waals surface area contributed by atoms with Crippen LogP contribution in [0, 0.1) is 13.8 Å². The van der Waals surface area contributed by atoms with Crippen molar-refractivity contribution in [3.05, 3.63) is 136 Å². The average Bonchev–Trinajstić information content (AvgIpc) is 2.94. The molecule has 4 aromatic carbocycles. The molecule has 0 aromatic heterocycles. The van der Waals surface area contributed by atoms with Crippen molar-refractivity contribution in [3.8, 4) is 5.75 Å². The van der Waals surface area contributed by atoms with Crippen LogP contribution in [0.15, 0.2) is 97.1 Å². The largest absolute Gasteiger partial charge is 0.484 e. The van der Waals surface area contributed by atoms with E-state index in [1.807, 2.05) is 78.6 Å². The second kappa shape index (κ2) is 11.3. The maximum absolute atomic E-state index is 13.6. The molecule has 5 heteroatoms. The van der Waals surface area contributed by atoms with E-state index in [9.17, 15) is 9.59 Å². The van der Waals surface area contributed by atoms with Gasteiger partial charge in [-0.3, -0.25) is 9.59 Å². The van der Waals surface area contributed by atoms with Crippen molar-refractivity contribution in [2.75, 3.05) is 13.2 Å². The SMILES string of the molecule is Cc1cccc(CNC(=O)COc2ccc3c(c2)[C@@H](c2cccc(C)c2)N(C(=O)c2ccccc2)CC3)c1. The number of amides is 2. The molecule has 2 amide bonds. The summed E-state index contributed by atoms with van der Waals surface area (Å²) < 4.78 is 5.92. The number of nitrogens with zero attached hydrogens (tertiary/aromatic N) is 1. The van der Waals surface area contributed by atoms with E-state index in [1.54, 1.807) is 0 Å². The van der Waals surface area contributed by atoms with Crippen LogP contribution < -0.4 is 10.1 Å². The molecular formula is C33H32N2O3. The summed E-state index contributed by atoms with van der Waals surface area (Å²) in [7, 11) is 0. The lowest BCUT2D eigenvalue weighted by atomic mass is 9.87. The Labute approximate surface area is 224 Å². The lowest BCUT2D eigenvalue weighted by molar-refractivity contribution is -0.123. The third kappa shape index (κ3) is 5.78. The number of fused-ring (bicyclic) bond motifs is 1. The normalized spacial score (nSPS) is 14.5. The van der Waals surface area contributed by atoms with Crippen LogP contribution in [0.5, 0.6) is 5.75 Å². The summed E-state index contributed by atoms with van der Waals surface area (Å²) in [6, 6.07) is 31.5. The van der Waals surface area contributed by atoms with E-state index in [0.717, 1.165) is 34.2 Å². The molecule has 0 bridgehead atoms. The van der Waals surface area contributed by atoms with Crippen molar-refractivity contribution in [3.63, 3.8) is 0 Å². The Hall–Kier alpha value is -4.38. The van der Waals surface area contributed by atoms with Gasteiger partial charge in [0, 0.05) is 18.7 Å². The first-order valence-corrected chi connectivity index (χ1v) is 13.0. The summed E-state index contributed by atoms with van der Waals surface area (Å²) in [4.78, 5) is 28.1. The third-order valence-electron chi connectivity index (χ3n) is 6.93. The topological polar surface area (TPSA) is 58.6 Å². The number of nitrogens with one attached hydrogen (secondary N) is 1. The number of hydrogen-bond acceptors (Lipinski definition) is 3. The van der Waals surface area contributed by atoms with E-state index in [0.29, 0.717) is 24.4 Å². The molecule has 1 aliphatic heterocycles. The van der Waals surface area contributed by atoms with E-state index in [1.165, 1.54) is 5.56 Å². The fourth-order valence-corrected chi connectivity index (χ4v) is 5.07. The van der Waals surface area contributed by atoms with Gasteiger partial charge in [-0.15, -0.1) is 0 Å². The second-order valence-corrected chi connectivity index (χ2v) is 9.85. The molecule has 38 heavy (non-hydrogen) atoms. The van der Waals surface area contributed by atoms with Crippen LogP contribution in [0.2, 0.25) is 0 Å². The molecule has 0 unspecified atom stereocenters. The zero-order valence-electron chi connectivity index (χ0n) is 21.8. The number of benzene rings is 4. The van der Waals surface area contributed by atoms with E-state index in [-0.39, 0.29) is 24.5 Å². The van der Waals surface area contributed by atoms with Gasteiger partial charge in [-0.1, -0.05) is 83.9 Å². The minimum atomic E-state index is -0.245. The number of carbonyl (C=O) groups excluding carboxylic acids is 2. The predicted octanol–water partition coefficient (Wildman–Crippen LogP) is 5.79. The molecule has 0 saturated carbocycles. The number of hydrogen-bond donors (Lipinski definition) is 1. The molecule has 1 aliphatic rings. The highest BCUT2D eigenvalue weighted by Gasteiger charge is 2.33.